The SMILES string of the molecule is CCN(CC)Cc1cc2ccc(OC)cc2nc1N. The first kappa shape index (κ1) is 13.6. The summed E-state index contributed by atoms with van der Waals surface area (Å²) >= 11 is 0. The number of fused-ring (bicyclic) bond motifs is 1. The highest BCUT2D eigenvalue weighted by Crippen LogP contribution is 2.23. The van der Waals surface area contributed by atoms with Crippen molar-refractivity contribution in [3.8, 4) is 5.75 Å². The third-order valence-electron chi connectivity index (χ3n) is 3.43. The highest BCUT2D eigenvalue weighted by atomic mass is 16.5. The third-order valence-corrected chi connectivity index (χ3v) is 3.43. The zero-order valence-electron chi connectivity index (χ0n) is 11.8. The fourth-order valence-corrected chi connectivity index (χ4v) is 2.15. The van der Waals surface area contributed by atoms with E-state index in [1.54, 1.807) is 7.11 Å². The molecule has 0 bridgehead atoms. The largest absolute Gasteiger partial charge is 0.497 e. The number of nitrogens with two attached hydrogens (primary N) is 1. The van der Waals surface area contributed by atoms with Crippen molar-refractivity contribution in [3.63, 3.8) is 0 Å². The van der Waals surface area contributed by atoms with Gasteiger partial charge in [0.15, 0.2) is 0 Å². The van der Waals surface area contributed by atoms with E-state index in [-0.39, 0.29) is 0 Å². The van der Waals surface area contributed by atoms with Gasteiger partial charge in [0.25, 0.3) is 0 Å². The molecule has 0 aliphatic rings. The Labute approximate surface area is 114 Å². The molecule has 0 saturated heterocycles. The molecule has 4 heteroatoms. The zero-order chi connectivity index (χ0) is 13.8. The molecule has 2 aromatic rings. The van der Waals surface area contributed by atoms with Crippen LogP contribution in [0.3, 0.4) is 0 Å². The van der Waals surface area contributed by atoms with Gasteiger partial charge in [-0.3, -0.25) is 4.90 Å². The van der Waals surface area contributed by atoms with Gasteiger partial charge in [0, 0.05) is 23.6 Å². The molecule has 4 nitrogen and oxygen atoms in total. The first-order chi connectivity index (χ1) is 9.17. The summed E-state index contributed by atoms with van der Waals surface area (Å²) in [6.07, 6.45) is 0. The van der Waals surface area contributed by atoms with Crippen LogP contribution in [0.25, 0.3) is 10.9 Å². The number of benzene rings is 1. The fourth-order valence-electron chi connectivity index (χ4n) is 2.15. The number of ether oxygens (including phenoxy) is 1. The van der Waals surface area contributed by atoms with E-state index in [9.17, 15) is 0 Å². The summed E-state index contributed by atoms with van der Waals surface area (Å²) in [6, 6.07) is 8.00. The van der Waals surface area contributed by atoms with Gasteiger partial charge in [-0.2, -0.15) is 0 Å². The predicted octanol–water partition coefficient (Wildman–Crippen LogP) is 2.67. The van der Waals surface area contributed by atoms with Crippen LogP contribution in [-0.2, 0) is 6.54 Å². The van der Waals surface area contributed by atoms with Crippen molar-refractivity contribution in [2.24, 2.45) is 0 Å². The van der Waals surface area contributed by atoms with E-state index < -0.39 is 0 Å². The lowest BCUT2D eigenvalue weighted by atomic mass is 10.1. The van der Waals surface area contributed by atoms with Gasteiger partial charge in [-0.1, -0.05) is 13.8 Å². The van der Waals surface area contributed by atoms with Crippen molar-refractivity contribution in [1.82, 2.24) is 9.88 Å². The topological polar surface area (TPSA) is 51.4 Å². The molecule has 2 rings (SSSR count). The standard InChI is InChI=1S/C15H21N3O/c1-4-18(5-2)10-12-8-11-6-7-13(19-3)9-14(11)17-15(12)16/h6-9H,4-5,10H2,1-3H3,(H2,16,17). The molecular formula is C15H21N3O. The average molecular weight is 259 g/mol. The molecule has 0 unspecified atom stereocenters. The van der Waals surface area contributed by atoms with Crippen LogP contribution in [0.5, 0.6) is 5.75 Å². The van der Waals surface area contributed by atoms with Gasteiger partial charge < -0.3 is 10.5 Å². The Morgan fingerprint density at radius 3 is 2.58 bits per heavy atom. The number of hydrogen-bond donors (Lipinski definition) is 1. The quantitative estimate of drug-likeness (QED) is 0.897. The van der Waals surface area contributed by atoms with Crippen molar-refractivity contribution in [1.29, 1.82) is 0 Å². The van der Waals surface area contributed by atoms with E-state index in [2.05, 4.69) is 29.8 Å². The molecule has 0 aliphatic heterocycles. The van der Waals surface area contributed by atoms with Crippen molar-refractivity contribution in [2.75, 3.05) is 25.9 Å². The van der Waals surface area contributed by atoms with Gasteiger partial charge in [-0.05, 0) is 31.3 Å². The number of nitrogens with zero attached hydrogens (tertiary/aromatic N) is 2. The molecule has 102 valence electrons. The minimum atomic E-state index is 0.604. The second-order valence-corrected chi connectivity index (χ2v) is 4.55. The van der Waals surface area contributed by atoms with Crippen LogP contribution >= 0.6 is 0 Å². The maximum atomic E-state index is 6.06. The second kappa shape index (κ2) is 5.89. The van der Waals surface area contributed by atoms with Crippen molar-refractivity contribution in [3.05, 3.63) is 29.8 Å². The van der Waals surface area contributed by atoms with Crippen molar-refractivity contribution < 1.29 is 4.74 Å². The minimum Gasteiger partial charge on any atom is -0.497 e. The Morgan fingerprint density at radius 2 is 1.95 bits per heavy atom. The maximum Gasteiger partial charge on any atom is 0.128 e. The number of aromatic nitrogens is 1. The van der Waals surface area contributed by atoms with E-state index in [4.69, 9.17) is 10.5 Å². The molecule has 0 radical (unpaired) electrons. The van der Waals surface area contributed by atoms with Crippen LogP contribution in [0.15, 0.2) is 24.3 Å². The molecule has 19 heavy (non-hydrogen) atoms. The summed E-state index contributed by atoms with van der Waals surface area (Å²) in [5, 5.41) is 1.09. The minimum absolute atomic E-state index is 0.604. The molecule has 0 saturated carbocycles. The Kier molecular flexibility index (Phi) is 4.22. The lowest BCUT2D eigenvalue weighted by molar-refractivity contribution is 0.296. The Balaban J connectivity index is 2.38. The summed E-state index contributed by atoms with van der Waals surface area (Å²) in [5.41, 5.74) is 8.02. The fraction of sp³-hybridized carbons (Fsp3) is 0.400. The van der Waals surface area contributed by atoms with E-state index in [1.807, 2.05) is 18.2 Å². The summed E-state index contributed by atoms with van der Waals surface area (Å²) in [6.45, 7) is 7.17. The molecule has 0 aliphatic carbocycles. The molecule has 1 aromatic carbocycles. The Hall–Kier alpha value is -1.81. The molecule has 0 atom stereocenters. The normalized spacial score (nSPS) is 11.2. The van der Waals surface area contributed by atoms with Crippen LogP contribution in [0.4, 0.5) is 5.82 Å². The molecule has 0 fully saturated rings. The molecule has 0 amide bonds. The number of anilines is 1. The van der Waals surface area contributed by atoms with E-state index in [0.717, 1.165) is 41.9 Å². The van der Waals surface area contributed by atoms with Gasteiger partial charge in [0.2, 0.25) is 0 Å². The average Bonchev–Trinajstić information content (AvgIpc) is 2.44. The van der Waals surface area contributed by atoms with Gasteiger partial charge in [0.1, 0.15) is 11.6 Å². The van der Waals surface area contributed by atoms with Gasteiger partial charge in [-0.25, -0.2) is 4.98 Å². The Morgan fingerprint density at radius 1 is 1.21 bits per heavy atom. The van der Waals surface area contributed by atoms with Gasteiger partial charge in [-0.15, -0.1) is 0 Å². The molecule has 1 heterocycles. The van der Waals surface area contributed by atoms with Crippen molar-refractivity contribution in [2.45, 2.75) is 20.4 Å². The van der Waals surface area contributed by atoms with Gasteiger partial charge in [0.05, 0.1) is 12.6 Å². The van der Waals surface area contributed by atoms with Crippen LogP contribution in [0.1, 0.15) is 19.4 Å². The number of pyridine rings is 1. The molecular weight excluding hydrogens is 238 g/mol. The van der Waals surface area contributed by atoms with Crippen LogP contribution in [0.2, 0.25) is 0 Å². The van der Waals surface area contributed by atoms with E-state index in [0.29, 0.717) is 5.82 Å². The Bertz CT molecular complexity index is 565. The van der Waals surface area contributed by atoms with E-state index >= 15 is 0 Å². The third kappa shape index (κ3) is 2.96. The maximum absolute atomic E-state index is 6.06. The first-order valence-corrected chi connectivity index (χ1v) is 6.63. The zero-order valence-corrected chi connectivity index (χ0v) is 11.8. The molecule has 1 aromatic heterocycles. The highest BCUT2D eigenvalue weighted by molar-refractivity contribution is 5.82. The lowest BCUT2D eigenvalue weighted by Gasteiger charge is -2.19. The summed E-state index contributed by atoms with van der Waals surface area (Å²) in [5.74, 6) is 1.41. The second-order valence-electron chi connectivity index (χ2n) is 4.55. The first-order valence-electron chi connectivity index (χ1n) is 6.63. The summed E-state index contributed by atoms with van der Waals surface area (Å²) in [4.78, 5) is 6.80. The van der Waals surface area contributed by atoms with Crippen molar-refractivity contribution >= 4 is 16.7 Å². The van der Waals surface area contributed by atoms with Crippen LogP contribution in [0, 0.1) is 0 Å². The summed E-state index contributed by atoms with van der Waals surface area (Å²) < 4.78 is 5.20. The number of methoxy groups -OCH3 is 1. The number of rotatable bonds is 5. The molecule has 2 N–H and O–H groups in total. The molecule has 0 spiro atoms. The lowest BCUT2D eigenvalue weighted by Crippen LogP contribution is -2.22. The smallest absolute Gasteiger partial charge is 0.128 e. The number of hydrogen-bond acceptors (Lipinski definition) is 4. The van der Waals surface area contributed by atoms with Crippen LogP contribution in [-0.4, -0.2) is 30.1 Å². The highest BCUT2D eigenvalue weighted by Gasteiger charge is 2.08. The van der Waals surface area contributed by atoms with E-state index in [1.165, 1.54) is 0 Å². The number of nitrogen functional groups attached to an aromatic ring is 1. The summed E-state index contributed by atoms with van der Waals surface area (Å²) in [7, 11) is 1.65. The monoisotopic (exact) mass is 259 g/mol. The van der Waals surface area contributed by atoms with Crippen LogP contribution < -0.4 is 10.5 Å². The van der Waals surface area contributed by atoms with Gasteiger partial charge >= 0.3 is 0 Å². The predicted molar refractivity (Wildman–Crippen MR) is 79.3 cm³/mol.